The molecule has 0 aliphatic rings. The number of carbonyl (C=O) groups excluding carboxylic acids is 1. The number of methoxy groups -OCH3 is 1. The second-order valence-electron chi connectivity index (χ2n) is 8.74. The van der Waals surface area contributed by atoms with Gasteiger partial charge < -0.3 is 19.5 Å². The van der Waals surface area contributed by atoms with Gasteiger partial charge in [0.25, 0.3) is 5.91 Å². The van der Waals surface area contributed by atoms with Crippen LogP contribution in [0.3, 0.4) is 0 Å². The van der Waals surface area contributed by atoms with Crippen LogP contribution in [-0.4, -0.2) is 13.0 Å². The molecule has 4 aromatic rings. The third-order valence-electron chi connectivity index (χ3n) is 5.83. The van der Waals surface area contributed by atoms with Gasteiger partial charge in [-0.15, -0.1) is 0 Å². The first-order chi connectivity index (χ1) is 18.9. The van der Waals surface area contributed by atoms with E-state index in [1.807, 2.05) is 61.5 Å². The van der Waals surface area contributed by atoms with Crippen molar-refractivity contribution in [2.45, 2.75) is 20.1 Å². The number of rotatable bonds is 10. The lowest BCUT2D eigenvalue weighted by Gasteiger charge is -2.12. The van der Waals surface area contributed by atoms with Gasteiger partial charge in [-0.3, -0.25) is 4.79 Å². The van der Waals surface area contributed by atoms with Crippen molar-refractivity contribution in [3.63, 3.8) is 0 Å². The van der Waals surface area contributed by atoms with Crippen LogP contribution in [0.15, 0.2) is 96.6 Å². The summed E-state index contributed by atoms with van der Waals surface area (Å²) in [7, 11) is 1.57. The van der Waals surface area contributed by atoms with E-state index in [1.165, 1.54) is 6.08 Å². The van der Waals surface area contributed by atoms with Crippen molar-refractivity contribution in [1.82, 2.24) is 0 Å². The van der Waals surface area contributed by atoms with Crippen molar-refractivity contribution >= 4 is 29.3 Å². The molecular formula is C32H27ClN2O4. The van der Waals surface area contributed by atoms with E-state index in [1.54, 1.807) is 49.6 Å². The predicted molar refractivity (Wildman–Crippen MR) is 153 cm³/mol. The monoisotopic (exact) mass is 538 g/mol. The molecule has 39 heavy (non-hydrogen) atoms. The Kier molecular flexibility index (Phi) is 9.23. The third-order valence-corrected chi connectivity index (χ3v) is 6.08. The summed E-state index contributed by atoms with van der Waals surface area (Å²) in [4.78, 5) is 12.9. The van der Waals surface area contributed by atoms with E-state index in [4.69, 9.17) is 25.8 Å². The SMILES string of the molecule is COc1ccc(/C=C(\C#N)C(=O)Nc2ccc(OCc3ccc(Cl)cc3)cc2)c(OCc2ccc(C)cc2)c1. The average molecular weight is 539 g/mol. The lowest BCUT2D eigenvalue weighted by atomic mass is 10.1. The molecule has 4 aromatic carbocycles. The van der Waals surface area contributed by atoms with Crippen LogP contribution in [0.1, 0.15) is 22.3 Å². The van der Waals surface area contributed by atoms with Gasteiger partial charge in [0, 0.05) is 22.3 Å². The number of benzene rings is 4. The molecule has 0 aliphatic carbocycles. The van der Waals surface area contributed by atoms with Crippen LogP contribution < -0.4 is 19.5 Å². The molecule has 7 heteroatoms. The first kappa shape index (κ1) is 27.3. The minimum absolute atomic E-state index is 0.0663. The third kappa shape index (κ3) is 7.88. The number of carbonyl (C=O) groups is 1. The van der Waals surface area contributed by atoms with Crippen molar-refractivity contribution in [2.24, 2.45) is 0 Å². The fraction of sp³-hybridized carbons (Fsp3) is 0.125. The summed E-state index contributed by atoms with van der Waals surface area (Å²) in [6.45, 7) is 2.74. The van der Waals surface area contributed by atoms with Crippen molar-refractivity contribution in [3.8, 4) is 23.3 Å². The highest BCUT2D eigenvalue weighted by atomic mass is 35.5. The van der Waals surface area contributed by atoms with Gasteiger partial charge in [-0.2, -0.15) is 5.26 Å². The normalized spacial score (nSPS) is 10.9. The van der Waals surface area contributed by atoms with E-state index in [9.17, 15) is 10.1 Å². The number of nitrogens with zero attached hydrogens (tertiary/aromatic N) is 1. The van der Waals surface area contributed by atoms with Gasteiger partial charge in [-0.05, 0) is 72.7 Å². The Bertz CT molecular complexity index is 1490. The van der Waals surface area contributed by atoms with Gasteiger partial charge in [-0.1, -0.05) is 53.6 Å². The maximum atomic E-state index is 12.9. The first-order valence-electron chi connectivity index (χ1n) is 12.2. The fourth-order valence-electron chi connectivity index (χ4n) is 3.62. The molecule has 0 spiro atoms. The Balaban J connectivity index is 1.43. The second kappa shape index (κ2) is 13.2. The average Bonchev–Trinajstić information content (AvgIpc) is 2.96. The summed E-state index contributed by atoms with van der Waals surface area (Å²) < 4.78 is 17.2. The molecule has 0 aromatic heterocycles. The number of amides is 1. The van der Waals surface area contributed by atoms with Gasteiger partial charge in [-0.25, -0.2) is 0 Å². The van der Waals surface area contributed by atoms with Crippen molar-refractivity contribution < 1.29 is 19.0 Å². The van der Waals surface area contributed by atoms with Gasteiger partial charge >= 0.3 is 0 Å². The number of ether oxygens (including phenoxy) is 3. The van der Waals surface area contributed by atoms with Gasteiger partial charge in [0.2, 0.25) is 0 Å². The zero-order valence-electron chi connectivity index (χ0n) is 21.6. The van der Waals surface area contributed by atoms with E-state index in [2.05, 4.69) is 5.32 Å². The molecule has 0 atom stereocenters. The van der Waals surface area contributed by atoms with Crippen LogP contribution >= 0.6 is 11.6 Å². The van der Waals surface area contributed by atoms with Crippen molar-refractivity contribution in [2.75, 3.05) is 12.4 Å². The van der Waals surface area contributed by atoms with Crippen LogP contribution in [0.4, 0.5) is 5.69 Å². The van der Waals surface area contributed by atoms with Gasteiger partial charge in [0.05, 0.1) is 7.11 Å². The Morgan fingerprint density at radius 1 is 0.872 bits per heavy atom. The van der Waals surface area contributed by atoms with E-state index >= 15 is 0 Å². The summed E-state index contributed by atoms with van der Waals surface area (Å²) in [5.41, 5.74) is 4.20. The van der Waals surface area contributed by atoms with E-state index in [0.29, 0.717) is 46.7 Å². The summed E-state index contributed by atoms with van der Waals surface area (Å²) >= 11 is 5.92. The zero-order chi connectivity index (χ0) is 27.6. The maximum Gasteiger partial charge on any atom is 0.266 e. The topological polar surface area (TPSA) is 80.6 Å². The highest BCUT2D eigenvalue weighted by Crippen LogP contribution is 2.28. The Labute approximate surface area is 233 Å². The molecule has 1 amide bonds. The van der Waals surface area contributed by atoms with Crippen LogP contribution in [-0.2, 0) is 18.0 Å². The number of anilines is 1. The molecule has 196 valence electrons. The summed E-state index contributed by atoms with van der Waals surface area (Å²) in [5.74, 6) is 1.21. The standard InChI is InChI=1S/C32H27ClN2O4/c1-22-3-5-23(6-4-22)21-39-31-18-30(37-2)14-9-25(31)17-26(19-34)32(36)35-28-12-15-29(16-13-28)38-20-24-7-10-27(33)11-8-24/h3-18H,20-21H2,1-2H3,(H,35,36)/b26-17+. The van der Waals surface area contributed by atoms with Gasteiger partial charge in [0.15, 0.2) is 0 Å². The fourth-order valence-corrected chi connectivity index (χ4v) is 3.74. The van der Waals surface area contributed by atoms with Crippen LogP contribution in [0.5, 0.6) is 17.2 Å². The minimum Gasteiger partial charge on any atom is -0.497 e. The maximum absolute atomic E-state index is 12.9. The lowest BCUT2D eigenvalue weighted by Crippen LogP contribution is -2.13. The van der Waals surface area contributed by atoms with Crippen LogP contribution in [0, 0.1) is 18.3 Å². The molecule has 0 heterocycles. The van der Waals surface area contributed by atoms with Crippen molar-refractivity contribution in [3.05, 3.63) is 124 Å². The Morgan fingerprint density at radius 3 is 2.13 bits per heavy atom. The highest BCUT2D eigenvalue weighted by Gasteiger charge is 2.13. The molecule has 0 radical (unpaired) electrons. The quantitative estimate of drug-likeness (QED) is 0.168. The van der Waals surface area contributed by atoms with Crippen LogP contribution in [0.25, 0.3) is 6.08 Å². The molecule has 4 rings (SSSR count). The zero-order valence-corrected chi connectivity index (χ0v) is 22.4. The molecule has 0 saturated heterocycles. The second-order valence-corrected chi connectivity index (χ2v) is 9.18. The first-order valence-corrected chi connectivity index (χ1v) is 12.6. The van der Waals surface area contributed by atoms with Crippen molar-refractivity contribution in [1.29, 1.82) is 5.26 Å². The smallest absolute Gasteiger partial charge is 0.266 e. The predicted octanol–water partition coefficient (Wildman–Crippen LogP) is 7.36. The number of hydrogen-bond donors (Lipinski definition) is 1. The number of nitrogens with one attached hydrogen (secondary N) is 1. The number of nitriles is 1. The van der Waals surface area contributed by atoms with Gasteiger partial charge in [0.1, 0.15) is 42.1 Å². The molecule has 0 saturated carbocycles. The van der Waals surface area contributed by atoms with E-state index in [0.717, 1.165) is 16.7 Å². The lowest BCUT2D eigenvalue weighted by molar-refractivity contribution is -0.112. The Hall–Kier alpha value is -4.73. The summed E-state index contributed by atoms with van der Waals surface area (Å²) in [6, 6.07) is 29.6. The molecule has 6 nitrogen and oxygen atoms in total. The largest absolute Gasteiger partial charge is 0.497 e. The van der Waals surface area contributed by atoms with Crippen LogP contribution in [0.2, 0.25) is 5.02 Å². The van der Waals surface area contributed by atoms with E-state index < -0.39 is 5.91 Å². The number of hydrogen-bond acceptors (Lipinski definition) is 5. The Morgan fingerprint density at radius 2 is 1.49 bits per heavy atom. The minimum atomic E-state index is -0.535. The molecule has 0 fully saturated rings. The number of aryl methyl sites for hydroxylation is 1. The summed E-state index contributed by atoms with van der Waals surface area (Å²) in [6.07, 6.45) is 1.50. The number of halogens is 1. The molecular weight excluding hydrogens is 512 g/mol. The van der Waals surface area contributed by atoms with E-state index in [-0.39, 0.29) is 5.57 Å². The molecule has 0 aliphatic heterocycles. The highest BCUT2D eigenvalue weighted by molar-refractivity contribution is 6.30. The molecule has 0 unspecified atom stereocenters. The summed E-state index contributed by atoms with van der Waals surface area (Å²) in [5, 5.41) is 13.2. The molecule has 1 N–H and O–H groups in total. The molecule has 0 bridgehead atoms.